The second-order valence-electron chi connectivity index (χ2n) is 2.42. The maximum Gasteiger partial charge on any atom is 0.308 e. The zero-order valence-electron chi connectivity index (χ0n) is 7.32. The smallest absolute Gasteiger partial charge is 0.308 e. The molecule has 0 fully saturated rings. The van der Waals surface area contributed by atoms with E-state index in [1.165, 1.54) is 6.08 Å². The van der Waals surface area contributed by atoms with Crippen molar-refractivity contribution in [3.63, 3.8) is 0 Å². The summed E-state index contributed by atoms with van der Waals surface area (Å²) in [6.45, 7) is 3.84. The predicted octanol–water partition coefficient (Wildman–Crippen LogP) is 1.58. The van der Waals surface area contributed by atoms with Gasteiger partial charge in [0.2, 0.25) is 0 Å². The Kier molecular flexibility index (Phi) is 6.09. The lowest BCUT2D eigenvalue weighted by molar-refractivity contribution is -0.187. The SMILES string of the molecule is CCC(C)C(=O)OC/C=C/OO. The Morgan fingerprint density at radius 3 is 2.83 bits per heavy atom. The minimum absolute atomic E-state index is 0.0755. The molecule has 0 radical (unpaired) electrons. The molecule has 0 aliphatic rings. The quantitative estimate of drug-likeness (QED) is 0.297. The third kappa shape index (κ3) is 4.73. The van der Waals surface area contributed by atoms with Crippen molar-refractivity contribution in [1.82, 2.24) is 0 Å². The summed E-state index contributed by atoms with van der Waals surface area (Å²) in [5, 5.41) is 7.86. The van der Waals surface area contributed by atoms with Crippen molar-refractivity contribution in [3.05, 3.63) is 12.3 Å². The molecule has 0 aliphatic carbocycles. The van der Waals surface area contributed by atoms with E-state index in [0.717, 1.165) is 12.7 Å². The van der Waals surface area contributed by atoms with Crippen LogP contribution in [0.4, 0.5) is 0 Å². The highest BCUT2D eigenvalue weighted by molar-refractivity contribution is 5.71. The van der Waals surface area contributed by atoms with Crippen LogP contribution in [-0.2, 0) is 14.4 Å². The highest BCUT2D eigenvalue weighted by Crippen LogP contribution is 2.02. The molecule has 0 aromatic rings. The number of esters is 1. The van der Waals surface area contributed by atoms with E-state index >= 15 is 0 Å². The third-order valence-electron chi connectivity index (χ3n) is 1.49. The maximum absolute atomic E-state index is 11.0. The Hall–Kier alpha value is -1.03. The van der Waals surface area contributed by atoms with Crippen molar-refractivity contribution in [2.75, 3.05) is 6.61 Å². The summed E-state index contributed by atoms with van der Waals surface area (Å²) in [6.07, 6.45) is 3.21. The van der Waals surface area contributed by atoms with Crippen molar-refractivity contribution >= 4 is 5.97 Å². The summed E-state index contributed by atoms with van der Waals surface area (Å²) in [7, 11) is 0. The fourth-order valence-corrected chi connectivity index (χ4v) is 0.521. The number of hydrogen-bond acceptors (Lipinski definition) is 4. The van der Waals surface area contributed by atoms with Crippen LogP contribution in [0.2, 0.25) is 0 Å². The summed E-state index contributed by atoms with van der Waals surface area (Å²) in [6, 6.07) is 0. The maximum atomic E-state index is 11.0. The van der Waals surface area contributed by atoms with Gasteiger partial charge in [0.05, 0.1) is 5.92 Å². The van der Waals surface area contributed by atoms with Gasteiger partial charge in [-0.3, -0.25) is 4.79 Å². The fourth-order valence-electron chi connectivity index (χ4n) is 0.521. The van der Waals surface area contributed by atoms with E-state index in [1.807, 2.05) is 6.92 Å². The van der Waals surface area contributed by atoms with Crippen LogP contribution in [0.25, 0.3) is 0 Å². The second-order valence-corrected chi connectivity index (χ2v) is 2.42. The van der Waals surface area contributed by atoms with Gasteiger partial charge in [-0.1, -0.05) is 13.8 Å². The van der Waals surface area contributed by atoms with Gasteiger partial charge in [0.25, 0.3) is 0 Å². The van der Waals surface area contributed by atoms with E-state index in [2.05, 4.69) is 4.89 Å². The highest BCUT2D eigenvalue weighted by Gasteiger charge is 2.10. The molecule has 0 saturated carbocycles. The van der Waals surface area contributed by atoms with Crippen LogP contribution in [-0.4, -0.2) is 17.8 Å². The fraction of sp³-hybridized carbons (Fsp3) is 0.625. The van der Waals surface area contributed by atoms with Gasteiger partial charge in [-0.05, 0) is 12.5 Å². The van der Waals surface area contributed by atoms with Crippen molar-refractivity contribution in [1.29, 1.82) is 0 Å². The van der Waals surface area contributed by atoms with Crippen LogP contribution in [0.5, 0.6) is 0 Å². The van der Waals surface area contributed by atoms with E-state index in [4.69, 9.17) is 9.99 Å². The number of carbonyl (C=O) groups is 1. The van der Waals surface area contributed by atoms with E-state index in [-0.39, 0.29) is 18.5 Å². The zero-order valence-corrected chi connectivity index (χ0v) is 7.32. The number of carbonyl (C=O) groups excluding carboxylic acids is 1. The minimum atomic E-state index is -0.236. The van der Waals surface area contributed by atoms with Crippen molar-refractivity contribution in [2.45, 2.75) is 20.3 Å². The van der Waals surface area contributed by atoms with Gasteiger partial charge in [-0.15, -0.1) is 0 Å². The predicted molar refractivity (Wildman–Crippen MR) is 43.3 cm³/mol. The van der Waals surface area contributed by atoms with Crippen LogP contribution in [0, 0.1) is 5.92 Å². The molecule has 1 atom stereocenters. The largest absolute Gasteiger partial charge is 0.461 e. The van der Waals surface area contributed by atoms with Crippen molar-refractivity contribution in [2.24, 2.45) is 5.92 Å². The first kappa shape index (κ1) is 11.0. The molecule has 1 N–H and O–H groups in total. The average Bonchev–Trinajstić information content (AvgIpc) is 2.10. The van der Waals surface area contributed by atoms with Gasteiger partial charge in [0.1, 0.15) is 12.9 Å². The first-order chi connectivity index (χ1) is 5.72. The number of rotatable bonds is 5. The van der Waals surface area contributed by atoms with Crippen molar-refractivity contribution < 1.29 is 19.7 Å². The number of hydrogen-bond donors (Lipinski definition) is 1. The lowest BCUT2D eigenvalue weighted by atomic mass is 10.1. The molecule has 70 valence electrons. The minimum Gasteiger partial charge on any atom is -0.461 e. The van der Waals surface area contributed by atoms with Crippen LogP contribution >= 0.6 is 0 Å². The average molecular weight is 174 g/mol. The molecule has 0 bridgehead atoms. The lowest BCUT2D eigenvalue weighted by Gasteiger charge is -2.06. The molecule has 0 rings (SSSR count). The molecule has 12 heavy (non-hydrogen) atoms. The first-order valence-electron chi connectivity index (χ1n) is 3.84. The van der Waals surface area contributed by atoms with Gasteiger partial charge in [-0.25, -0.2) is 5.26 Å². The Balaban J connectivity index is 3.50. The van der Waals surface area contributed by atoms with Crippen LogP contribution in [0.15, 0.2) is 12.3 Å². The van der Waals surface area contributed by atoms with E-state index in [1.54, 1.807) is 6.92 Å². The second kappa shape index (κ2) is 6.67. The Labute approximate surface area is 71.7 Å². The molecule has 0 aliphatic heterocycles. The molecule has 0 amide bonds. The molecular weight excluding hydrogens is 160 g/mol. The van der Waals surface area contributed by atoms with Gasteiger partial charge < -0.3 is 9.62 Å². The van der Waals surface area contributed by atoms with Crippen LogP contribution < -0.4 is 0 Å². The summed E-state index contributed by atoms with van der Waals surface area (Å²) >= 11 is 0. The number of ether oxygens (including phenoxy) is 1. The summed E-state index contributed by atoms with van der Waals surface area (Å²) < 4.78 is 4.78. The molecular formula is C8H14O4. The first-order valence-corrected chi connectivity index (χ1v) is 3.84. The van der Waals surface area contributed by atoms with Gasteiger partial charge in [0, 0.05) is 0 Å². The van der Waals surface area contributed by atoms with E-state index < -0.39 is 0 Å². The molecule has 0 heterocycles. The normalized spacial score (nSPS) is 12.9. The Bertz CT molecular complexity index is 153. The summed E-state index contributed by atoms with van der Waals surface area (Å²) in [5.74, 6) is -0.312. The lowest BCUT2D eigenvalue weighted by Crippen LogP contribution is -2.13. The zero-order chi connectivity index (χ0) is 9.40. The Morgan fingerprint density at radius 1 is 1.67 bits per heavy atom. The Morgan fingerprint density at radius 2 is 2.33 bits per heavy atom. The van der Waals surface area contributed by atoms with Gasteiger partial charge in [0.15, 0.2) is 0 Å². The topological polar surface area (TPSA) is 55.8 Å². The van der Waals surface area contributed by atoms with Crippen LogP contribution in [0.3, 0.4) is 0 Å². The van der Waals surface area contributed by atoms with Gasteiger partial charge in [-0.2, -0.15) is 0 Å². The van der Waals surface area contributed by atoms with Crippen molar-refractivity contribution in [3.8, 4) is 0 Å². The van der Waals surface area contributed by atoms with Crippen LogP contribution in [0.1, 0.15) is 20.3 Å². The van der Waals surface area contributed by atoms with E-state index in [9.17, 15) is 4.79 Å². The standard InChI is InChI=1S/C8H14O4/c1-3-7(2)8(9)11-5-4-6-12-10/h4,6-7,10H,3,5H2,1-2H3/b6-4+. The third-order valence-corrected chi connectivity index (χ3v) is 1.49. The van der Waals surface area contributed by atoms with E-state index in [0.29, 0.717) is 0 Å². The molecule has 0 aromatic carbocycles. The molecule has 1 unspecified atom stereocenters. The molecule has 0 aromatic heterocycles. The summed E-state index contributed by atoms with van der Waals surface area (Å²) in [4.78, 5) is 14.6. The van der Waals surface area contributed by atoms with Gasteiger partial charge >= 0.3 is 5.97 Å². The highest BCUT2D eigenvalue weighted by atomic mass is 17.1. The molecule has 0 saturated heterocycles. The molecule has 0 spiro atoms. The summed E-state index contributed by atoms with van der Waals surface area (Å²) in [5.41, 5.74) is 0. The molecule has 4 heteroatoms. The molecule has 4 nitrogen and oxygen atoms in total. The monoisotopic (exact) mass is 174 g/mol.